The minimum absolute atomic E-state index is 0.0969. The molecule has 0 aliphatic carbocycles. The smallest absolute Gasteiger partial charge is 0.214 e. The van der Waals surface area contributed by atoms with Gasteiger partial charge in [-0.1, -0.05) is 30.3 Å². The topological polar surface area (TPSA) is 59.1 Å². The van der Waals surface area contributed by atoms with Crippen molar-refractivity contribution in [3.8, 4) is 11.5 Å². The van der Waals surface area contributed by atoms with Crippen molar-refractivity contribution in [2.45, 2.75) is 32.3 Å². The van der Waals surface area contributed by atoms with Gasteiger partial charge in [-0.2, -0.15) is 4.31 Å². The van der Waals surface area contributed by atoms with Gasteiger partial charge in [0.2, 0.25) is 10.0 Å². The molecule has 1 saturated heterocycles. The van der Waals surface area contributed by atoms with E-state index in [0.29, 0.717) is 45.0 Å². The van der Waals surface area contributed by atoms with E-state index in [1.165, 1.54) is 0 Å². The number of fused-ring (bicyclic) bond motifs is 1. The lowest BCUT2D eigenvalue weighted by Crippen LogP contribution is -2.49. The standard InChI is InChI=1S/C23H30N2O4S/c1-23(2)18-19-8-6-11-21(22(19)29-23)28-16-7-17-30(26,27)25-14-12-24(13-15-25)20-9-4-3-5-10-20/h3-6,8-11H,7,12-18H2,1-2H3. The molecule has 2 aliphatic heterocycles. The monoisotopic (exact) mass is 430 g/mol. The van der Waals surface area contributed by atoms with Crippen LogP contribution in [0.15, 0.2) is 48.5 Å². The van der Waals surface area contributed by atoms with E-state index in [1.807, 2.05) is 30.3 Å². The number of hydrogen-bond acceptors (Lipinski definition) is 5. The van der Waals surface area contributed by atoms with Gasteiger partial charge in [0.05, 0.1) is 12.4 Å². The van der Waals surface area contributed by atoms with Crippen LogP contribution in [-0.2, 0) is 16.4 Å². The molecule has 4 rings (SSSR count). The number of hydrogen-bond donors (Lipinski definition) is 0. The summed E-state index contributed by atoms with van der Waals surface area (Å²) in [5.41, 5.74) is 2.05. The summed E-state index contributed by atoms with van der Waals surface area (Å²) in [7, 11) is -3.28. The van der Waals surface area contributed by atoms with Gasteiger partial charge in [-0.15, -0.1) is 0 Å². The summed E-state index contributed by atoms with van der Waals surface area (Å²) in [5, 5.41) is 0. The molecule has 1 fully saturated rings. The molecule has 0 bridgehead atoms. The lowest BCUT2D eigenvalue weighted by molar-refractivity contribution is 0.132. The number of rotatable bonds is 7. The zero-order valence-corrected chi connectivity index (χ0v) is 18.5. The van der Waals surface area contributed by atoms with Gasteiger partial charge < -0.3 is 14.4 Å². The minimum Gasteiger partial charge on any atom is -0.490 e. The largest absolute Gasteiger partial charge is 0.490 e. The number of sulfonamides is 1. The van der Waals surface area contributed by atoms with Crippen molar-refractivity contribution in [3.63, 3.8) is 0 Å². The van der Waals surface area contributed by atoms with Gasteiger partial charge in [0.15, 0.2) is 11.5 Å². The predicted molar refractivity (Wildman–Crippen MR) is 119 cm³/mol. The quantitative estimate of drug-likeness (QED) is 0.631. The molecule has 0 aromatic heterocycles. The number of benzene rings is 2. The molecule has 162 valence electrons. The molecule has 7 heteroatoms. The summed E-state index contributed by atoms with van der Waals surface area (Å²) in [6.07, 6.45) is 1.30. The molecule has 0 spiro atoms. The maximum atomic E-state index is 12.7. The molecule has 2 aromatic rings. The zero-order valence-electron chi connectivity index (χ0n) is 17.7. The Bertz CT molecular complexity index is 968. The highest BCUT2D eigenvalue weighted by molar-refractivity contribution is 7.89. The Labute approximate surface area is 179 Å². The molecule has 0 atom stereocenters. The summed E-state index contributed by atoms with van der Waals surface area (Å²) < 4.78 is 39.0. The third-order valence-corrected chi connectivity index (χ3v) is 7.57. The fourth-order valence-corrected chi connectivity index (χ4v) is 5.58. The van der Waals surface area contributed by atoms with Crippen LogP contribution in [0.1, 0.15) is 25.8 Å². The molecular formula is C23H30N2O4S. The van der Waals surface area contributed by atoms with Crippen LogP contribution >= 0.6 is 0 Å². The van der Waals surface area contributed by atoms with Crippen LogP contribution < -0.4 is 14.4 Å². The van der Waals surface area contributed by atoms with Crippen molar-refractivity contribution in [2.24, 2.45) is 0 Å². The van der Waals surface area contributed by atoms with Crippen molar-refractivity contribution < 1.29 is 17.9 Å². The maximum absolute atomic E-state index is 12.7. The van der Waals surface area contributed by atoms with Gasteiger partial charge in [-0.25, -0.2) is 8.42 Å². The summed E-state index contributed by atoms with van der Waals surface area (Å²) in [5.74, 6) is 1.59. The van der Waals surface area contributed by atoms with Crippen LogP contribution in [0.3, 0.4) is 0 Å². The van der Waals surface area contributed by atoms with Crippen molar-refractivity contribution >= 4 is 15.7 Å². The Morgan fingerprint density at radius 3 is 2.47 bits per heavy atom. The summed E-state index contributed by atoms with van der Waals surface area (Å²) in [6.45, 7) is 6.93. The number of piperazine rings is 1. The van der Waals surface area contributed by atoms with Crippen molar-refractivity contribution in [2.75, 3.05) is 43.4 Å². The number of ether oxygens (including phenoxy) is 2. The average Bonchev–Trinajstić information content (AvgIpc) is 3.06. The first kappa shape index (κ1) is 21.0. The van der Waals surface area contributed by atoms with E-state index < -0.39 is 10.0 Å². The third-order valence-electron chi connectivity index (χ3n) is 5.61. The summed E-state index contributed by atoms with van der Waals surface area (Å²) in [6, 6.07) is 16.0. The number of nitrogens with zero attached hydrogens (tertiary/aromatic N) is 2. The number of anilines is 1. The van der Waals surface area contributed by atoms with Crippen molar-refractivity contribution in [1.82, 2.24) is 4.31 Å². The van der Waals surface area contributed by atoms with E-state index in [2.05, 4.69) is 36.9 Å². The lowest BCUT2D eigenvalue weighted by Gasteiger charge is -2.35. The average molecular weight is 431 g/mol. The van der Waals surface area contributed by atoms with Gasteiger partial charge in [-0.05, 0) is 38.5 Å². The second-order valence-electron chi connectivity index (χ2n) is 8.52. The van der Waals surface area contributed by atoms with Gasteiger partial charge in [-0.3, -0.25) is 0 Å². The van der Waals surface area contributed by atoms with Gasteiger partial charge >= 0.3 is 0 Å². The summed E-state index contributed by atoms with van der Waals surface area (Å²) >= 11 is 0. The molecule has 2 aliphatic rings. The molecule has 2 heterocycles. The predicted octanol–water partition coefficient (Wildman–Crippen LogP) is 3.32. The Morgan fingerprint density at radius 2 is 1.73 bits per heavy atom. The second-order valence-corrected chi connectivity index (χ2v) is 10.6. The highest BCUT2D eigenvalue weighted by atomic mass is 32.2. The maximum Gasteiger partial charge on any atom is 0.214 e. The first-order chi connectivity index (χ1) is 14.3. The fourth-order valence-electron chi connectivity index (χ4n) is 4.12. The van der Waals surface area contributed by atoms with E-state index in [1.54, 1.807) is 4.31 Å². The van der Waals surface area contributed by atoms with Gasteiger partial charge in [0.25, 0.3) is 0 Å². The third kappa shape index (κ3) is 4.73. The molecule has 0 saturated carbocycles. The van der Waals surface area contributed by atoms with Crippen LogP contribution in [0.4, 0.5) is 5.69 Å². The highest BCUT2D eigenvalue weighted by Gasteiger charge is 2.32. The Balaban J connectivity index is 1.26. The second kappa shape index (κ2) is 8.47. The Hall–Kier alpha value is -2.25. The summed E-state index contributed by atoms with van der Waals surface area (Å²) in [4.78, 5) is 2.23. The van der Waals surface area contributed by atoms with Crippen LogP contribution in [-0.4, -0.2) is 56.9 Å². The Morgan fingerprint density at radius 1 is 1.00 bits per heavy atom. The molecule has 2 aromatic carbocycles. The zero-order chi connectivity index (χ0) is 21.2. The fraction of sp³-hybridized carbons (Fsp3) is 0.478. The number of para-hydroxylation sites is 2. The lowest BCUT2D eigenvalue weighted by atomic mass is 10.0. The normalized spacial score (nSPS) is 18.7. The molecule has 0 radical (unpaired) electrons. The van der Waals surface area contributed by atoms with E-state index in [9.17, 15) is 8.42 Å². The molecule has 30 heavy (non-hydrogen) atoms. The van der Waals surface area contributed by atoms with E-state index in [0.717, 1.165) is 23.4 Å². The van der Waals surface area contributed by atoms with E-state index in [-0.39, 0.29) is 11.4 Å². The first-order valence-electron chi connectivity index (χ1n) is 10.6. The minimum atomic E-state index is -3.28. The van der Waals surface area contributed by atoms with E-state index >= 15 is 0 Å². The van der Waals surface area contributed by atoms with Crippen LogP contribution in [0.25, 0.3) is 0 Å². The SMILES string of the molecule is CC1(C)Cc2cccc(OCCCS(=O)(=O)N3CCN(c4ccccc4)CC3)c2O1. The molecule has 0 unspecified atom stereocenters. The van der Waals surface area contributed by atoms with Crippen LogP contribution in [0.5, 0.6) is 11.5 Å². The van der Waals surface area contributed by atoms with Gasteiger partial charge in [0.1, 0.15) is 5.60 Å². The highest BCUT2D eigenvalue weighted by Crippen LogP contribution is 2.41. The van der Waals surface area contributed by atoms with E-state index in [4.69, 9.17) is 9.47 Å². The molecule has 6 nitrogen and oxygen atoms in total. The molecule has 0 amide bonds. The van der Waals surface area contributed by atoms with Crippen LogP contribution in [0.2, 0.25) is 0 Å². The van der Waals surface area contributed by atoms with Gasteiger partial charge in [0, 0.05) is 43.9 Å². The van der Waals surface area contributed by atoms with Crippen LogP contribution in [0, 0.1) is 0 Å². The first-order valence-corrected chi connectivity index (χ1v) is 12.2. The van der Waals surface area contributed by atoms with Crippen molar-refractivity contribution in [3.05, 3.63) is 54.1 Å². The molecule has 0 N–H and O–H groups in total. The molecular weight excluding hydrogens is 400 g/mol. The van der Waals surface area contributed by atoms with Crippen molar-refractivity contribution in [1.29, 1.82) is 0 Å². The Kier molecular flexibility index (Phi) is 5.93.